The van der Waals surface area contributed by atoms with Crippen LogP contribution in [0.15, 0.2) is 39.9 Å². The van der Waals surface area contributed by atoms with Crippen LogP contribution in [0.4, 0.5) is 0 Å². The molecule has 0 spiro atoms. The quantitative estimate of drug-likeness (QED) is 0.347. The molecule has 0 amide bonds. The molecule has 1 aromatic carbocycles. The molecular weight excluding hydrogens is 384 g/mol. The maximum Gasteiger partial charge on any atom is 0.188 e. The molecule has 0 saturated carbocycles. The van der Waals surface area contributed by atoms with Gasteiger partial charge in [0, 0.05) is 19.8 Å². The zero-order valence-electron chi connectivity index (χ0n) is 15.9. The Balaban J connectivity index is 2.90. The molecule has 0 aliphatic carbocycles. The van der Waals surface area contributed by atoms with E-state index in [0.717, 1.165) is 40.8 Å². The van der Waals surface area contributed by atoms with Gasteiger partial charge in [-0.1, -0.05) is 23.3 Å². The van der Waals surface area contributed by atoms with Gasteiger partial charge in [0.25, 0.3) is 0 Å². The Kier molecular flexibility index (Phi) is 10.5. The summed E-state index contributed by atoms with van der Waals surface area (Å²) in [6.07, 6.45) is 7.40. The minimum atomic E-state index is 0.202. The Morgan fingerprint density at radius 3 is 2.20 bits per heavy atom. The third-order valence-electron chi connectivity index (χ3n) is 3.54. The number of hydrogen-bond donors (Lipinski definition) is 0. The average Bonchev–Trinajstić information content (AvgIpc) is 2.57. The normalized spacial score (nSPS) is 11.4. The predicted octanol–water partition coefficient (Wildman–Crippen LogP) is 5.65. The summed E-state index contributed by atoms with van der Waals surface area (Å²) >= 11 is 3.51. The van der Waals surface area contributed by atoms with Gasteiger partial charge in [-0.25, -0.2) is 0 Å². The van der Waals surface area contributed by atoms with E-state index < -0.39 is 0 Å². The van der Waals surface area contributed by atoms with Crippen molar-refractivity contribution in [2.45, 2.75) is 40.0 Å². The molecule has 0 N–H and O–H groups in total. The molecule has 0 saturated heterocycles. The summed E-state index contributed by atoms with van der Waals surface area (Å²) in [7, 11) is 3.21. The molecule has 5 heteroatoms. The lowest BCUT2D eigenvalue weighted by atomic mass is 10.1. The van der Waals surface area contributed by atoms with Crippen molar-refractivity contribution < 1.29 is 18.9 Å². The van der Waals surface area contributed by atoms with Crippen molar-refractivity contribution in [1.82, 2.24) is 0 Å². The number of benzene rings is 1. The van der Waals surface area contributed by atoms with Crippen LogP contribution in [0.1, 0.15) is 39.2 Å². The van der Waals surface area contributed by atoms with E-state index in [-0.39, 0.29) is 13.6 Å². The van der Waals surface area contributed by atoms with Gasteiger partial charge in [0.1, 0.15) is 11.5 Å². The number of allylic oxidation sites excluding steroid dienone is 4. The van der Waals surface area contributed by atoms with Gasteiger partial charge in [0.15, 0.2) is 13.6 Å². The fraction of sp³-hybridized carbons (Fsp3) is 0.500. The second-order valence-electron chi connectivity index (χ2n) is 6.07. The highest BCUT2D eigenvalue weighted by Crippen LogP contribution is 2.34. The zero-order valence-corrected chi connectivity index (χ0v) is 17.4. The summed E-state index contributed by atoms with van der Waals surface area (Å²) in [5.41, 5.74) is 3.77. The number of halogens is 1. The summed E-state index contributed by atoms with van der Waals surface area (Å²) < 4.78 is 22.1. The lowest BCUT2D eigenvalue weighted by molar-refractivity contribution is 0.0474. The van der Waals surface area contributed by atoms with Crippen molar-refractivity contribution in [2.24, 2.45) is 0 Å². The van der Waals surface area contributed by atoms with Gasteiger partial charge in [-0.15, -0.1) is 0 Å². The van der Waals surface area contributed by atoms with Crippen molar-refractivity contribution in [3.05, 3.63) is 45.5 Å². The summed E-state index contributed by atoms with van der Waals surface area (Å²) in [5.74, 6) is 1.52. The van der Waals surface area contributed by atoms with Crippen molar-refractivity contribution in [1.29, 1.82) is 0 Å². The standard InChI is InChI=1S/C20H29BrO4/c1-15(2)7-6-8-16(3)9-10-17-11-20(25-14-23-5)18(21)12-19(17)24-13-22-4/h7,9,11-12H,6,8,10,13-14H2,1-5H3. The van der Waals surface area contributed by atoms with Crippen molar-refractivity contribution >= 4 is 15.9 Å². The Hall–Kier alpha value is -1.30. The Bertz CT molecular complexity index is 590. The van der Waals surface area contributed by atoms with Crippen LogP contribution in [0.25, 0.3) is 0 Å². The number of hydrogen-bond acceptors (Lipinski definition) is 4. The summed E-state index contributed by atoms with van der Waals surface area (Å²) in [4.78, 5) is 0. The molecule has 0 aliphatic rings. The topological polar surface area (TPSA) is 36.9 Å². The minimum Gasteiger partial charge on any atom is -0.467 e. The summed E-state index contributed by atoms with van der Waals surface area (Å²) in [6.45, 7) is 6.83. The van der Waals surface area contributed by atoms with E-state index in [9.17, 15) is 0 Å². The Morgan fingerprint density at radius 2 is 1.60 bits per heavy atom. The van der Waals surface area contributed by atoms with Crippen molar-refractivity contribution in [3.63, 3.8) is 0 Å². The van der Waals surface area contributed by atoms with Gasteiger partial charge < -0.3 is 18.9 Å². The molecule has 0 bridgehead atoms. The predicted molar refractivity (Wildman–Crippen MR) is 105 cm³/mol. The van der Waals surface area contributed by atoms with E-state index >= 15 is 0 Å². The van der Waals surface area contributed by atoms with Crippen LogP contribution >= 0.6 is 15.9 Å². The SMILES string of the molecule is COCOc1cc(CC=C(C)CCC=C(C)C)c(OCOC)cc1Br. The first-order valence-electron chi connectivity index (χ1n) is 8.32. The highest BCUT2D eigenvalue weighted by molar-refractivity contribution is 9.10. The van der Waals surface area contributed by atoms with Gasteiger partial charge >= 0.3 is 0 Å². The monoisotopic (exact) mass is 412 g/mol. The highest BCUT2D eigenvalue weighted by Gasteiger charge is 2.10. The van der Waals surface area contributed by atoms with Crippen LogP contribution < -0.4 is 9.47 Å². The first-order valence-corrected chi connectivity index (χ1v) is 9.12. The van der Waals surface area contributed by atoms with Crippen LogP contribution in [-0.4, -0.2) is 27.8 Å². The average molecular weight is 413 g/mol. The number of ether oxygens (including phenoxy) is 4. The lowest BCUT2D eigenvalue weighted by Crippen LogP contribution is -2.04. The van der Waals surface area contributed by atoms with Gasteiger partial charge in [-0.05, 0) is 68.1 Å². The molecule has 0 heterocycles. The molecule has 4 nitrogen and oxygen atoms in total. The lowest BCUT2D eigenvalue weighted by Gasteiger charge is -2.14. The third-order valence-corrected chi connectivity index (χ3v) is 4.16. The molecule has 0 aromatic heterocycles. The zero-order chi connectivity index (χ0) is 18.7. The maximum absolute atomic E-state index is 5.69. The van der Waals surface area contributed by atoms with Crippen LogP contribution in [-0.2, 0) is 15.9 Å². The number of methoxy groups -OCH3 is 2. The van der Waals surface area contributed by atoms with Gasteiger partial charge in [-0.2, -0.15) is 0 Å². The van der Waals surface area contributed by atoms with Crippen molar-refractivity contribution in [2.75, 3.05) is 27.8 Å². The fourth-order valence-corrected chi connectivity index (χ4v) is 2.64. The van der Waals surface area contributed by atoms with Crippen LogP contribution in [0.3, 0.4) is 0 Å². The summed E-state index contributed by atoms with van der Waals surface area (Å²) in [6, 6.07) is 3.89. The second-order valence-corrected chi connectivity index (χ2v) is 6.92. The van der Waals surface area contributed by atoms with E-state index in [1.54, 1.807) is 14.2 Å². The van der Waals surface area contributed by atoms with Crippen LogP contribution in [0, 0.1) is 0 Å². The van der Waals surface area contributed by atoms with E-state index in [1.807, 2.05) is 12.1 Å². The molecule has 0 fully saturated rings. The van der Waals surface area contributed by atoms with E-state index in [2.05, 4.69) is 48.9 Å². The van der Waals surface area contributed by atoms with Crippen LogP contribution in [0.5, 0.6) is 11.5 Å². The fourth-order valence-electron chi connectivity index (χ4n) is 2.20. The maximum atomic E-state index is 5.69. The summed E-state index contributed by atoms with van der Waals surface area (Å²) in [5, 5.41) is 0. The van der Waals surface area contributed by atoms with E-state index in [1.165, 1.54) is 11.1 Å². The number of rotatable bonds is 11. The van der Waals surface area contributed by atoms with E-state index in [0.29, 0.717) is 0 Å². The van der Waals surface area contributed by atoms with Crippen molar-refractivity contribution in [3.8, 4) is 11.5 Å². The first-order chi connectivity index (χ1) is 12.0. The van der Waals surface area contributed by atoms with E-state index in [4.69, 9.17) is 18.9 Å². The van der Waals surface area contributed by atoms with Gasteiger partial charge in [0.05, 0.1) is 4.47 Å². The second kappa shape index (κ2) is 12.1. The minimum absolute atomic E-state index is 0.202. The molecule has 0 radical (unpaired) electrons. The molecule has 0 unspecified atom stereocenters. The Morgan fingerprint density at radius 1 is 0.960 bits per heavy atom. The van der Waals surface area contributed by atoms with Gasteiger partial charge in [0.2, 0.25) is 0 Å². The molecule has 140 valence electrons. The van der Waals surface area contributed by atoms with Gasteiger partial charge in [-0.3, -0.25) is 0 Å². The third kappa shape index (κ3) is 8.56. The molecule has 1 aromatic rings. The molecule has 25 heavy (non-hydrogen) atoms. The first kappa shape index (κ1) is 21.7. The molecule has 0 aliphatic heterocycles. The molecule has 1 rings (SSSR count). The highest BCUT2D eigenvalue weighted by atomic mass is 79.9. The smallest absolute Gasteiger partial charge is 0.188 e. The van der Waals surface area contributed by atoms with Crippen LogP contribution in [0.2, 0.25) is 0 Å². The molecule has 0 atom stereocenters. The largest absolute Gasteiger partial charge is 0.467 e. The molecular formula is C20H29BrO4. The Labute approximate surface area is 159 Å².